The van der Waals surface area contributed by atoms with Crippen LogP contribution < -0.4 is 0 Å². The highest BCUT2D eigenvalue weighted by Gasteiger charge is 2.65. The van der Waals surface area contributed by atoms with Gasteiger partial charge in [-0.3, -0.25) is 4.79 Å². The van der Waals surface area contributed by atoms with Gasteiger partial charge in [-0.15, -0.1) is 10.2 Å². The van der Waals surface area contributed by atoms with Gasteiger partial charge >= 0.3 is 17.9 Å². The molecule has 9 heteroatoms. The van der Waals surface area contributed by atoms with Crippen molar-refractivity contribution in [3.63, 3.8) is 0 Å². The first-order valence-corrected chi connectivity index (χ1v) is 9.43. The average molecular weight is 417 g/mol. The maximum absolute atomic E-state index is 13.1. The first-order valence-electron chi connectivity index (χ1n) is 9.43. The molecule has 156 valence electrons. The highest BCUT2D eigenvalue weighted by molar-refractivity contribution is 5.93. The molecule has 2 amide bonds. The number of nitrogens with zero attached hydrogens (tertiary/aromatic N) is 3. The second-order valence-corrected chi connectivity index (χ2v) is 7.25. The number of alkyl halides is 3. The van der Waals surface area contributed by atoms with Crippen molar-refractivity contribution < 1.29 is 27.5 Å². The number of hydrogen-bond acceptors (Lipinski definition) is 5. The molecule has 2 aliphatic heterocycles. The lowest BCUT2D eigenvalue weighted by molar-refractivity contribution is -0.166. The van der Waals surface area contributed by atoms with Gasteiger partial charge in [0, 0.05) is 12.0 Å². The van der Waals surface area contributed by atoms with Gasteiger partial charge in [0.25, 0.3) is 0 Å². The Balaban J connectivity index is 1.37. The van der Waals surface area contributed by atoms with E-state index in [1.807, 2.05) is 30.3 Å². The second-order valence-electron chi connectivity index (χ2n) is 7.25. The van der Waals surface area contributed by atoms with Crippen molar-refractivity contribution >= 4 is 12.0 Å². The first kappa shape index (κ1) is 20.1. The molecule has 0 N–H and O–H groups in total. The number of imide groups is 1. The smallest absolute Gasteiger partial charge is 0.442 e. The van der Waals surface area contributed by atoms with Crippen LogP contribution >= 0.6 is 0 Å². The number of cyclic esters (lactones) is 1. The number of halogens is 3. The van der Waals surface area contributed by atoms with Gasteiger partial charge in [-0.25, -0.2) is 9.69 Å². The monoisotopic (exact) mass is 417 g/mol. The molecule has 0 bridgehead atoms. The zero-order valence-electron chi connectivity index (χ0n) is 15.8. The predicted octanol–water partition coefficient (Wildman–Crippen LogP) is 4.39. The van der Waals surface area contributed by atoms with Crippen molar-refractivity contribution in [2.45, 2.75) is 37.1 Å². The molecule has 0 unspecified atom stereocenters. The molecule has 0 saturated carbocycles. The van der Waals surface area contributed by atoms with Crippen LogP contribution in [0.25, 0.3) is 0 Å². The van der Waals surface area contributed by atoms with Crippen molar-refractivity contribution in [3.05, 3.63) is 71.3 Å². The number of benzene rings is 2. The van der Waals surface area contributed by atoms with Crippen LogP contribution in [0.4, 0.5) is 18.0 Å². The number of hydrogen-bond donors (Lipinski definition) is 0. The van der Waals surface area contributed by atoms with Crippen molar-refractivity contribution in [1.82, 2.24) is 4.90 Å². The third kappa shape index (κ3) is 3.79. The average Bonchev–Trinajstić information content (AvgIpc) is 3.47. The zero-order chi connectivity index (χ0) is 21.4. The fraction of sp³-hybridized carbons (Fsp3) is 0.333. The molecule has 0 aromatic heterocycles. The van der Waals surface area contributed by atoms with E-state index in [0.29, 0.717) is 12.0 Å². The zero-order valence-corrected chi connectivity index (χ0v) is 15.8. The van der Waals surface area contributed by atoms with Crippen molar-refractivity contribution in [2.75, 3.05) is 6.61 Å². The van der Waals surface area contributed by atoms with Gasteiger partial charge < -0.3 is 4.74 Å². The molecular weight excluding hydrogens is 399 g/mol. The van der Waals surface area contributed by atoms with E-state index in [4.69, 9.17) is 4.74 Å². The van der Waals surface area contributed by atoms with Crippen LogP contribution in [0.3, 0.4) is 0 Å². The fourth-order valence-electron chi connectivity index (χ4n) is 3.52. The normalized spacial score (nSPS) is 19.6. The van der Waals surface area contributed by atoms with Crippen LogP contribution in [0, 0.1) is 0 Å². The number of amides is 2. The Labute approximate surface area is 170 Å². The Hall–Kier alpha value is -3.23. The summed E-state index contributed by atoms with van der Waals surface area (Å²) in [7, 11) is 0. The van der Waals surface area contributed by atoms with Gasteiger partial charge in [-0.05, 0) is 24.0 Å². The summed E-state index contributed by atoms with van der Waals surface area (Å²) in [6.45, 7) is 0.140. The van der Waals surface area contributed by atoms with Gasteiger partial charge in [-0.1, -0.05) is 54.6 Å². The molecule has 4 rings (SSSR count). The highest BCUT2D eigenvalue weighted by Crippen LogP contribution is 2.52. The number of rotatable bonds is 6. The molecule has 2 aliphatic rings. The van der Waals surface area contributed by atoms with E-state index in [-0.39, 0.29) is 37.0 Å². The number of carbonyl (C=O) groups is 2. The molecule has 1 saturated heterocycles. The highest BCUT2D eigenvalue weighted by atomic mass is 19.4. The summed E-state index contributed by atoms with van der Waals surface area (Å²) in [4.78, 5) is 25.8. The minimum Gasteiger partial charge on any atom is -0.447 e. The number of ether oxygens (including phenoxy) is 1. The summed E-state index contributed by atoms with van der Waals surface area (Å²) in [5.41, 5.74) is -0.845. The first-order chi connectivity index (χ1) is 14.3. The maximum Gasteiger partial charge on any atom is 0.442 e. The van der Waals surface area contributed by atoms with Gasteiger partial charge in [-0.2, -0.15) is 13.2 Å². The second kappa shape index (κ2) is 7.55. The van der Waals surface area contributed by atoms with Gasteiger partial charge in [0.05, 0.1) is 6.04 Å². The van der Waals surface area contributed by atoms with Crippen molar-refractivity contribution in [3.8, 4) is 0 Å². The Morgan fingerprint density at radius 2 is 1.73 bits per heavy atom. The number of carbonyl (C=O) groups excluding carboxylic acids is 2. The van der Waals surface area contributed by atoms with E-state index in [2.05, 4.69) is 10.2 Å². The van der Waals surface area contributed by atoms with E-state index in [1.54, 1.807) is 0 Å². The van der Waals surface area contributed by atoms with Gasteiger partial charge in [0.2, 0.25) is 5.91 Å². The molecule has 2 heterocycles. The lowest BCUT2D eigenvalue weighted by Crippen LogP contribution is -2.40. The maximum atomic E-state index is 13.1. The lowest BCUT2D eigenvalue weighted by atomic mass is 9.99. The Morgan fingerprint density at radius 1 is 1.07 bits per heavy atom. The molecule has 1 atom stereocenters. The summed E-state index contributed by atoms with van der Waals surface area (Å²) < 4.78 is 44.2. The molecule has 0 radical (unpaired) electrons. The van der Waals surface area contributed by atoms with E-state index >= 15 is 0 Å². The third-order valence-corrected chi connectivity index (χ3v) is 5.22. The Bertz CT molecular complexity index is 968. The molecule has 0 aliphatic carbocycles. The van der Waals surface area contributed by atoms with Crippen LogP contribution in [0.15, 0.2) is 64.8 Å². The molecule has 6 nitrogen and oxygen atoms in total. The molecule has 2 aromatic carbocycles. The van der Waals surface area contributed by atoms with Crippen LogP contribution in [-0.4, -0.2) is 35.7 Å². The quantitative estimate of drug-likeness (QED) is 0.700. The summed E-state index contributed by atoms with van der Waals surface area (Å²) >= 11 is 0. The van der Waals surface area contributed by atoms with E-state index < -0.39 is 17.9 Å². The van der Waals surface area contributed by atoms with E-state index in [0.717, 1.165) is 10.5 Å². The lowest BCUT2D eigenvalue weighted by Gasteiger charge is -2.20. The summed E-state index contributed by atoms with van der Waals surface area (Å²) in [5, 5.41) is 6.34. The molecule has 1 fully saturated rings. The Kier molecular flexibility index (Phi) is 5.05. The minimum absolute atomic E-state index is 0.0406. The molecule has 30 heavy (non-hydrogen) atoms. The fourth-order valence-corrected chi connectivity index (χ4v) is 3.52. The van der Waals surface area contributed by atoms with Crippen molar-refractivity contribution in [2.24, 2.45) is 10.2 Å². The van der Waals surface area contributed by atoms with Crippen molar-refractivity contribution in [1.29, 1.82) is 0 Å². The SMILES string of the molecule is O=C(CCc1ccc(C2(C(F)(F)F)N=N2)cc1)N1C(=O)OC[C@@H]1Cc1ccccc1. The van der Waals surface area contributed by atoms with Crippen LogP contribution in [0.2, 0.25) is 0 Å². The van der Waals surface area contributed by atoms with Gasteiger partial charge in [0.1, 0.15) is 6.61 Å². The largest absolute Gasteiger partial charge is 0.447 e. The summed E-state index contributed by atoms with van der Waals surface area (Å²) in [5.74, 6) is -0.374. The summed E-state index contributed by atoms with van der Waals surface area (Å²) in [6.07, 6.45) is -4.42. The van der Waals surface area contributed by atoms with Crippen LogP contribution in [-0.2, 0) is 28.0 Å². The topological polar surface area (TPSA) is 71.3 Å². The predicted molar refractivity (Wildman–Crippen MR) is 99.5 cm³/mol. The number of aryl methyl sites for hydroxylation is 1. The van der Waals surface area contributed by atoms with Crippen LogP contribution in [0.5, 0.6) is 0 Å². The van der Waals surface area contributed by atoms with E-state index in [1.165, 1.54) is 24.3 Å². The van der Waals surface area contributed by atoms with E-state index in [9.17, 15) is 22.8 Å². The molecule has 0 spiro atoms. The summed E-state index contributed by atoms with van der Waals surface area (Å²) in [6, 6.07) is 14.8. The van der Waals surface area contributed by atoms with Crippen LogP contribution in [0.1, 0.15) is 23.1 Å². The van der Waals surface area contributed by atoms with Gasteiger partial charge in [0.15, 0.2) is 0 Å². The third-order valence-electron chi connectivity index (χ3n) is 5.22. The molecular formula is C21H18F3N3O3. The standard InChI is InChI=1S/C21H18F3N3O3/c22-21(23,24)20(25-26-20)16-9-6-14(7-10-16)8-11-18(28)27-17(13-30-19(27)29)12-15-4-2-1-3-5-15/h1-7,9-10,17H,8,11-13H2/t17-/m0/s1. The molecule has 2 aromatic rings. The minimum atomic E-state index is -4.58. The Morgan fingerprint density at radius 3 is 2.33 bits per heavy atom.